The van der Waals surface area contributed by atoms with Gasteiger partial charge in [-0.25, -0.2) is 0 Å². The number of esters is 1. The van der Waals surface area contributed by atoms with Crippen LogP contribution in [0.1, 0.15) is 39.5 Å². The van der Waals surface area contributed by atoms with Gasteiger partial charge in [0.25, 0.3) is 0 Å². The maximum atomic E-state index is 12.2. The van der Waals surface area contributed by atoms with Crippen LogP contribution in [0.5, 0.6) is 11.5 Å². The fourth-order valence-corrected chi connectivity index (χ4v) is 3.92. The van der Waals surface area contributed by atoms with E-state index in [1.807, 2.05) is 23.6 Å². The normalized spacial score (nSPS) is 13.8. The molecule has 1 aromatic carbocycles. The number of carbonyl (C=O) groups excluding carboxylic acids is 2. The first kappa shape index (κ1) is 19.4. The van der Waals surface area contributed by atoms with Gasteiger partial charge < -0.3 is 18.8 Å². The van der Waals surface area contributed by atoms with Crippen LogP contribution in [0.4, 0.5) is 0 Å². The summed E-state index contributed by atoms with van der Waals surface area (Å²) in [6.07, 6.45) is 2.39. The Balaban J connectivity index is 2.00. The summed E-state index contributed by atoms with van der Waals surface area (Å²) >= 11 is 1.41. The molecule has 1 aliphatic rings. The van der Waals surface area contributed by atoms with Crippen molar-refractivity contribution in [3.63, 3.8) is 0 Å². The van der Waals surface area contributed by atoms with E-state index in [0.717, 1.165) is 23.1 Å². The first-order valence-electron chi connectivity index (χ1n) is 9.28. The monoisotopic (exact) mass is 392 g/mol. The molecule has 146 valence electrons. The lowest BCUT2D eigenvalue weighted by Gasteiger charge is -2.18. The zero-order valence-electron chi connectivity index (χ0n) is 15.7. The number of aryl methyl sites for hydroxylation is 1. The third-order valence-corrected chi connectivity index (χ3v) is 5.20. The molecule has 0 N–H and O–H groups in total. The van der Waals surface area contributed by atoms with Crippen molar-refractivity contribution >= 4 is 33.4 Å². The van der Waals surface area contributed by atoms with Crippen molar-refractivity contribution in [3.05, 3.63) is 16.9 Å². The van der Waals surface area contributed by atoms with Gasteiger partial charge in [-0.2, -0.15) is 4.99 Å². The van der Waals surface area contributed by atoms with E-state index in [-0.39, 0.29) is 18.3 Å². The van der Waals surface area contributed by atoms with Crippen LogP contribution in [0.3, 0.4) is 0 Å². The third-order valence-electron chi connectivity index (χ3n) is 4.16. The van der Waals surface area contributed by atoms with Gasteiger partial charge in [0, 0.05) is 25.1 Å². The number of hydrogen-bond donors (Lipinski definition) is 0. The molecule has 8 heteroatoms. The Morgan fingerprint density at radius 1 is 1.19 bits per heavy atom. The molecule has 0 atom stereocenters. The molecule has 2 heterocycles. The van der Waals surface area contributed by atoms with Crippen molar-refractivity contribution in [3.8, 4) is 11.5 Å². The fraction of sp³-hybridized carbons (Fsp3) is 0.526. The Morgan fingerprint density at radius 3 is 2.63 bits per heavy atom. The van der Waals surface area contributed by atoms with Crippen molar-refractivity contribution in [2.75, 3.05) is 19.8 Å². The summed E-state index contributed by atoms with van der Waals surface area (Å²) in [7, 11) is 0. The molecule has 0 saturated heterocycles. The van der Waals surface area contributed by atoms with E-state index in [2.05, 4.69) is 4.99 Å². The zero-order chi connectivity index (χ0) is 19.2. The molecule has 0 unspecified atom stereocenters. The number of amides is 1. The Kier molecular flexibility index (Phi) is 6.49. The molecular formula is C19H24N2O5S. The van der Waals surface area contributed by atoms with Crippen molar-refractivity contribution in [2.24, 2.45) is 4.99 Å². The minimum Gasteiger partial charge on any atom is -0.486 e. The van der Waals surface area contributed by atoms with Crippen LogP contribution in [-0.2, 0) is 20.9 Å². The first-order chi connectivity index (χ1) is 13.1. The summed E-state index contributed by atoms with van der Waals surface area (Å²) in [4.78, 5) is 28.9. The van der Waals surface area contributed by atoms with E-state index < -0.39 is 0 Å². The van der Waals surface area contributed by atoms with Gasteiger partial charge in [0.05, 0.1) is 23.2 Å². The highest BCUT2D eigenvalue weighted by Gasteiger charge is 2.17. The highest BCUT2D eigenvalue weighted by atomic mass is 32.1. The van der Waals surface area contributed by atoms with E-state index in [1.165, 1.54) is 11.3 Å². The fourth-order valence-electron chi connectivity index (χ4n) is 2.83. The Labute approximate surface area is 161 Å². The van der Waals surface area contributed by atoms with Gasteiger partial charge >= 0.3 is 5.97 Å². The molecule has 1 aliphatic heterocycles. The Morgan fingerprint density at radius 2 is 1.93 bits per heavy atom. The van der Waals surface area contributed by atoms with Crippen molar-refractivity contribution in [1.29, 1.82) is 0 Å². The minimum absolute atomic E-state index is 0.148. The number of hydrogen-bond acceptors (Lipinski definition) is 6. The molecule has 0 radical (unpaired) electrons. The van der Waals surface area contributed by atoms with E-state index in [1.54, 1.807) is 6.92 Å². The molecule has 0 bridgehead atoms. The Hall–Kier alpha value is -2.35. The van der Waals surface area contributed by atoms with Crippen molar-refractivity contribution in [1.82, 2.24) is 4.57 Å². The number of ether oxygens (including phenoxy) is 3. The smallest absolute Gasteiger partial charge is 0.307 e. The lowest BCUT2D eigenvalue weighted by molar-refractivity contribution is -0.143. The molecule has 27 heavy (non-hydrogen) atoms. The number of unbranched alkanes of at least 4 members (excludes halogenated alkanes) is 1. The van der Waals surface area contributed by atoms with Gasteiger partial charge in [0.15, 0.2) is 16.3 Å². The topological polar surface area (TPSA) is 79.1 Å². The number of carbonyl (C=O) groups is 2. The average molecular weight is 392 g/mol. The molecule has 0 aliphatic carbocycles. The standard InChI is InChI=1S/C19H24N2O5S/c1-3-5-6-17(22)20-19-21(8-7-18(23)24-4-2)13-11-14-15(12-16(13)27-19)26-10-9-25-14/h11-12H,3-10H2,1-2H3. The van der Waals surface area contributed by atoms with Crippen molar-refractivity contribution < 1.29 is 23.8 Å². The molecule has 3 rings (SSSR count). The van der Waals surface area contributed by atoms with Crippen LogP contribution in [0, 0.1) is 0 Å². The second-order valence-corrected chi connectivity index (χ2v) is 7.17. The molecule has 1 aromatic heterocycles. The van der Waals surface area contributed by atoms with Gasteiger partial charge in [0.2, 0.25) is 5.91 Å². The van der Waals surface area contributed by atoms with Crippen LogP contribution in [0.15, 0.2) is 17.1 Å². The van der Waals surface area contributed by atoms with E-state index in [4.69, 9.17) is 14.2 Å². The molecule has 0 saturated carbocycles. The number of thiazole rings is 1. The lowest BCUT2D eigenvalue weighted by atomic mass is 10.2. The largest absolute Gasteiger partial charge is 0.486 e. The second-order valence-electron chi connectivity index (χ2n) is 6.16. The van der Waals surface area contributed by atoms with Gasteiger partial charge in [-0.05, 0) is 13.3 Å². The predicted molar refractivity (Wildman–Crippen MR) is 102 cm³/mol. The number of rotatable bonds is 7. The van der Waals surface area contributed by atoms with Crippen LogP contribution in [-0.4, -0.2) is 36.3 Å². The SMILES string of the molecule is CCCCC(=O)N=c1sc2cc3c(cc2n1CCC(=O)OCC)OCCO3. The molecule has 0 fully saturated rings. The molecule has 2 aromatic rings. The van der Waals surface area contributed by atoms with Crippen molar-refractivity contribution in [2.45, 2.75) is 46.1 Å². The average Bonchev–Trinajstić information content (AvgIpc) is 2.98. The zero-order valence-corrected chi connectivity index (χ0v) is 16.5. The van der Waals surface area contributed by atoms with Crippen LogP contribution in [0.25, 0.3) is 10.2 Å². The van der Waals surface area contributed by atoms with Crippen LogP contribution < -0.4 is 14.3 Å². The second kappa shape index (κ2) is 9.03. The van der Waals surface area contributed by atoms with E-state index >= 15 is 0 Å². The maximum absolute atomic E-state index is 12.2. The van der Waals surface area contributed by atoms with Crippen LogP contribution in [0.2, 0.25) is 0 Å². The van der Waals surface area contributed by atoms with Gasteiger partial charge in [-0.3, -0.25) is 9.59 Å². The van der Waals surface area contributed by atoms with E-state index in [9.17, 15) is 9.59 Å². The van der Waals surface area contributed by atoms with E-state index in [0.29, 0.717) is 49.1 Å². The summed E-state index contributed by atoms with van der Waals surface area (Å²) < 4.78 is 19.2. The lowest BCUT2D eigenvalue weighted by Crippen LogP contribution is -2.20. The first-order valence-corrected chi connectivity index (χ1v) is 10.1. The molecular weight excluding hydrogens is 368 g/mol. The maximum Gasteiger partial charge on any atom is 0.307 e. The van der Waals surface area contributed by atoms with Gasteiger partial charge in [-0.15, -0.1) is 0 Å². The third kappa shape index (κ3) is 4.68. The minimum atomic E-state index is -0.273. The number of aromatic nitrogens is 1. The number of fused-ring (bicyclic) bond motifs is 2. The summed E-state index contributed by atoms with van der Waals surface area (Å²) in [6, 6.07) is 3.80. The summed E-state index contributed by atoms with van der Waals surface area (Å²) in [6.45, 7) is 5.56. The van der Waals surface area contributed by atoms with Gasteiger partial charge in [0.1, 0.15) is 13.2 Å². The Bertz CT molecular complexity index is 899. The predicted octanol–water partition coefficient (Wildman–Crippen LogP) is 3.04. The van der Waals surface area contributed by atoms with Gasteiger partial charge in [-0.1, -0.05) is 24.7 Å². The summed E-state index contributed by atoms with van der Waals surface area (Å²) in [5.74, 6) is 0.937. The number of nitrogens with zero attached hydrogens (tertiary/aromatic N) is 2. The summed E-state index contributed by atoms with van der Waals surface area (Å²) in [5, 5.41) is 0. The quantitative estimate of drug-likeness (QED) is 0.677. The highest BCUT2D eigenvalue weighted by Crippen LogP contribution is 2.35. The molecule has 0 spiro atoms. The molecule has 7 nitrogen and oxygen atoms in total. The number of benzene rings is 1. The van der Waals surface area contributed by atoms with Crippen LogP contribution >= 0.6 is 11.3 Å². The molecule has 1 amide bonds. The summed E-state index contributed by atoms with van der Waals surface area (Å²) in [5.41, 5.74) is 0.871. The highest BCUT2D eigenvalue weighted by molar-refractivity contribution is 7.16.